The fraction of sp³-hybridized carbons (Fsp3) is 0.167. The summed E-state index contributed by atoms with van der Waals surface area (Å²) in [6.07, 6.45) is 1.17. The average Bonchev–Trinajstić information content (AvgIpc) is 2.28. The summed E-state index contributed by atoms with van der Waals surface area (Å²) in [5.74, 6) is -0.696. The summed E-state index contributed by atoms with van der Waals surface area (Å²) in [5.41, 5.74) is 7.48. The van der Waals surface area contributed by atoms with Gasteiger partial charge in [0.25, 0.3) is 0 Å². The Hall–Kier alpha value is -2.28. The number of hydrogen-bond acceptors (Lipinski definition) is 3. The second-order valence-corrected chi connectivity index (χ2v) is 3.35. The molecule has 0 aromatic heterocycles. The van der Waals surface area contributed by atoms with Crippen molar-refractivity contribution in [3.63, 3.8) is 0 Å². The Balaban J connectivity index is 3.18. The number of nitrogens with two attached hydrogens (primary N) is 1. The molecule has 0 aliphatic carbocycles. The van der Waals surface area contributed by atoms with Gasteiger partial charge in [-0.2, -0.15) is 5.26 Å². The minimum absolute atomic E-state index is 0.322. The van der Waals surface area contributed by atoms with Crippen LogP contribution >= 0.6 is 0 Å². The second kappa shape index (κ2) is 4.99. The third-order valence-electron chi connectivity index (χ3n) is 2.21. The highest BCUT2D eigenvalue weighted by molar-refractivity contribution is 6.00. The Bertz CT molecular complexity index is 460. The number of nitriles is 1. The summed E-state index contributed by atoms with van der Waals surface area (Å²) in [7, 11) is 0. The largest absolute Gasteiger partial charge is 0.398 e. The summed E-state index contributed by atoms with van der Waals surface area (Å²) in [6.45, 7) is 5.10. The van der Waals surface area contributed by atoms with Crippen molar-refractivity contribution in [2.75, 3.05) is 11.1 Å². The molecule has 0 aliphatic heterocycles. The third kappa shape index (κ3) is 2.39. The lowest BCUT2D eigenvalue weighted by Crippen LogP contribution is -2.11. The van der Waals surface area contributed by atoms with Crippen LogP contribution in [0.5, 0.6) is 0 Å². The molecule has 0 bridgehead atoms. The Labute approximate surface area is 94.4 Å². The average molecular weight is 215 g/mol. The standard InChI is InChI=1S/C12H13N3O/c1-3-11(16)15-10-6-4-5-9(14)12(10)8(2)7-13/h3-6,8H,1,14H2,2H3,(H,15,16). The van der Waals surface area contributed by atoms with Gasteiger partial charge in [-0.05, 0) is 25.1 Å². The number of benzene rings is 1. The van der Waals surface area contributed by atoms with Gasteiger partial charge < -0.3 is 11.1 Å². The highest BCUT2D eigenvalue weighted by atomic mass is 16.1. The number of nitrogen functional groups attached to an aromatic ring is 1. The van der Waals surface area contributed by atoms with Crippen LogP contribution in [-0.4, -0.2) is 5.91 Å². The Morgan fingerprint density at radius 2 is 2.38 bits per heavy atom. The van der Waals surface area contributed by atoms with Crippen molar-refractivity contribution in [3.05, 3.63) is 36.4 Å². The van der Waals surface area contributed by atoms with Crippen molar-refractivity contribution in [3.8, 4) is 6.07 Å². The van der Waals surface area contributed by atoms with Crippen LogP contribution in [0.4, 0.5) is 11.4 Å². The lowest BCUT2D eigenvalue weighted by molar-refractivity contribution is -0.111. The van der Waals surface area contributed by atoms with E-state index in [-0.39, 0.29) is 11.8 Å². The maximum atomic E-state index is 11.2. The van der Waals surface area contributed by atoms with Crippen molar-refractivity contribution >= 4 is 17.3 Å². The van der Waals surface area contributed by atoms with E-state index in [4.69, 9.17) is 11.0 Å². The molecular weight excluding hydrogens is 202 g/mol. The highest BCUT2D eigenvalue weighted by Gasteiger charge is 2.14. The molecule has 0 radical (unpaired) electrons. The normalized spacial score (nSPS) is 11.2. The summed E-state index contributed by atoms with van der Waals surface area (Å²) in [6, 6.07) is 7.23. The van der Waals surface area contributed by atoms with Gasteiger partial charge in [-0.15, -0.1) is 0 Å². The van der Waals surface area contributed by atoms with Crippen LogP contribution in [0.15, 0.2) is 30.9 Å². The molecular formula is C12H13N3O. The molecule has 3 N–H and O–H groups in total. The molecule has 1 aromatic rings. The van der Waals surface area contributed by atoms with Crippen molar-refractivity contribution in [2.24, 2.45) is 0 Å². The Morgan fingerprint density at radius 3 is 2.94 bits per heavy atom. The molecule has 0 heterocycles. The number of rotatable bonds is 3. The summed E-state index contributed by atoms with van der Waals surface area (Å²) >= 11 is 0. The smallest absolute Gasteiger partial charge is 0.247 e. The van der Waals surface area contributed by atoms with Crippen LogP contribution in [0.1, 0.15) is 18.4 Å². The second-order valence-electron chi connectivity index (χ2n) is 3.35. The fourth-order valence-corrected chi connectivity index (χ4v) is 1.42. The number of nitrogens with one attached hydrogen (secondary N) is 1. The van der Waals surface area contributed by atoms with E-state index >= 15 is 0 Å². The van der Waals surface area contributed by atoms with Crippen LogP contribution in [0.25, 0.3) is 0 Å². The maximum Gasteiger partial charge on any atom is 0.247 e. The SMILES string of the molecule is C=CC(=O)Nc1cccc(N)c1C(C)C#N. The van der Waals surface area contributed by atoms with Crippen LogP contribution in [0.3, 0.4) is 0 Å². The van der Waals surface area contributed by atoms with E-state index in [9.17, 15) is 4.79 Å². The quantitative estimate of drug-likeness (QED) is 0.598. The number of carbonyl (C=O) groups excluding carboxylic acids is 1. The van der Waals surface area contributed by atoms with Crippen LogP contribution in [-0.2, 0) is 4.79 Å². The number of carbonyl (C=O) groups is 1. The number of nitrogens with zero attached hydrogens (tertiary/aromatic N) is 1. The van der Waals surface area contributed by atoms with Gasteiger partial charge in [0.15, 0.2) is 0 Å². The topological polar surface area (TPSA) is 78.9 Å². The zero-order valence-corrected chi connectivity index (χ0v) is 9.03. The first-order chi connectivity index (χ1) is 7.60. The first-order valence-electron chi connectivity index (χ1n) is 4.81. The highest BCUT2D eigenvalue weighted by Crippen LogP contribution is 2.29. The van der Waals surface area contributed by atoms with E-state index in [2.05, 4.69) is 18.0 Å². The van der Waals surface area contributed by atoms with Gasteiger partial charge in [0.1, 0.15) is 0 Å². The number of anilines is 2. The zero-order chi connectivity index (χ0) is 12.1. The molecule has 0 aliphatic rings. The monoisotopic (exact) mass is 215 g/mol. The maximum absolute atomic E-state index is 11.2. The van der Waals surface area contributed by atoms with E-state index in [1.165, 1.54) is 6.08 Å². The molecule has 1 amide bonds. The fourth-order valence-electron chi connectivity index (χ4n) is 1.42. The molecule has 1 atom stereocenters. The predicted octanol–water partition coefficient (Wildman–Crippen LogP) is 2.02. The molecule has 0 saturated carbocycles. The molecule has 82 valence electrons. The van der Waals surface area contributed by atoms with Gasteiger partial charge in [0.05, 0.1) is 12.0 Å². The molecule has 4 heteroatoms. The van der Waals surface area contributed by atoms with E-state index in [0.717, 1.165) is 0 Å². The summed E-state index contributed by atoms with van der Waals surface area (Å²) in [5, 5.41) is 11.5. The predicted molar refractivity (Wildman–Crippen MR) is 63.7 cm³/mol. The van der Waals surface area contributed by atoms with Crippen molar-refractivity contribution < 1.29 is 4.79 Å². The molecule has 1 unspecified atom stereocenters. The van der Waals surface area contributed by atoms with Gasteiger partial charge in [0.2, 0.25) is 5.91 Å². The molecule has 0 spiro atoms. The van der Waals surface area contributed by atoms with Gasteiger partial charge in [-0.3, -0.25) is 4.79 Å². The van der Waals surface area contributed by atoms with E-state index in [1.807, 2.05) is 0 Å². The van der Waals surface area contributed by atoms with E-state index < -0.39 is 0 Å². The Kier molecular flexibility index (Phi) is 3.67. The molecule has 16 heavy (non-hydrogen) atoms. The van der Waals surface area contributed by atoms with Crippen molar-refractivity contribution in [1.29, 1.82) is 5.26 Å². The molecule has 1 rings (SSSR count). The van der Waals surface area contributed by atoms with Gasteiger partial charge in [0, 0.05) is 16.9 Å². The Morgan fingerprint density at radius 1 is 1.69 bits per heavy atom. The summed E-state index contributed by atoms with van der Waals surface area (Å²) < 4.78 is 0. The third-order valence-corrected chi connectivity index (χ3v) is 2.21. The first-order valence-corrected chi connectivity index (χ1v) is 4.81. The lowest BCUT2D eigenvalue weighted by atomic mass is 9.98. The van der Waals surface area contributed by atoms with Gasteiger partial charge in [-0.25, -0.2) is 0 Å². The van der Waals surface area contributed by atoms with E-state index in [0.29, 0.717) is 16.9 Å². The molecule has 0 saturated heterocycles. The zero-order valence-electron chi connectivity index (χ0n) is 9.03. The summed E-state index contributed by atoms with van der Waals surface area (Å²) in [4.78, 5) is 11.2. The van der Waals surface area contributed by atoms with Crippen molar-refractivity contribution in [2.45, 2.75) is 12.8 Å². The lowest BCUT2D eigenvalue weighted by Gasteiger charge is -2.13. The van der Waals surface area contributed by atoms with Crippen molar-refractivity contribution in [1.82, 2.24) is 0 Å². The van der Waals surface area contributed by atoms with Gasteiger partial charge in [-0.1, -0.05) is 12.6 Å². The van der Waals surface area contributed by atoms with Crippen LogP contribution in [0.2, 0.25) is 0 Å². The minimum atomic E-state index is -0.374. The molecule has 4 nitrogen and oxygen atoms in total. The molecule has 1 aromatic carbocycles. The number of hydrogen-bond donors (Lipinski definition) is 2. The molecule has 0 fully saturated rings. The van der Waals surface area contributed by atoms with Crippen LogP contribution < -0.4 is 11.1 Å². The van der Waals surface area contributed by atoms with E-state index in [1.54, 1.807) is 25.1 Å². The number of amides is 1. The first kappa shape index (κ1) is 11.8. The van der Waals surface area contributed by atoms with Gasteiger partial charge >= 0.3 is 0 Å². The van der Waals surface area contributed by atoms with Crippen LogP contribution in [0, 0.1) is 11.3 Å². The minimum Gasteiger partial charge on any atom is -0.398 e.